The molecule has 2 N–H and O–H groups in total. The summed E-state index contributed by atoms with van der Waals surface area (Å²) >= 11 is -2.19. The van der Waals surface area contributed by atoms with Crippen molar-refractivity contribution in [3.63, 3.8) is 0 Å². The Kier molecular flexibility index (Phi) is 11.0. The Morgan fingerprint density at radius 3 is 1.09 bits per heavy atom. The minimum atomic E-state index is -4.56. The zero-order valence-corrected chi connectivity index (χ0v) is 12.1. The molecule has 1 atom stereocenters. The average Bonchev–Trinajstić information content (AvgIpc) is 1.14. The van der Waals surface area contributed by atoms with Gasteiger partial charge in [-0.1, -0.05) is 0 Å². The molecule has 6 nitrogen and oxygen atoms in total. The molecule has 0 aromatic rings. The molecule has 0 aromatic carbocycles. The van der Waals surface area contributed by atoms with Gasteiger partial charge in [-0.3, -0.25) is 0 Å². The largest absolute Gasteiger partial charge is 0.153 e. The molecule has 0 aromatic heterocycles. The van der Waals surface area contributed by atoms with Gasteiger partial charge in [-0.25, -0.2) is 0 Å². The van der Waals surface area contributed by atoms with E-state index in [1.54, 1.807) is 0 Å². The number of rotatable bonds is 2. The van der Waals surface area contributed by atoms with Crippen molar-refractivity contribution in [2.45, 2.75) is 0 Å². The Balaban J connectivity index is -0.000000320. The maximum Gasteiger partial charge on any atom is 0 e. The minimum absolute atomic E-state index is 0. The molecule has 66 valence electrons. The van der Waals surface area contributed by atoms with Crippen molar-refractivity contribution >= 4 is 77.4 Å². The van der Waals surface area contributed by atoms with Crippen LogP contribution in [0.25, 0.3) is 0 Å². The van der Waals surface area contributed by atoms with Crippen LogP contribution in [0.5, 0.6) is 0 Å². The van der Waals surface area contributed by atoms with E-state index in [9.17, 15) is 16.8 Å². The second kappa shape index (κ2) is 6.48. The molecule has 0 saturated carbocycles. The minimum Gasteiger partial charge on any atom is -0.153 e. The van der Waals surface area contributed by atoms with Crippen molar-refractivity contribution < 1.29 is 25.9 Å². The number of hydrogen-bond donors (Lipinski definition) is 2. The Morgan fingerprint density at radius 2 is 1.09 bits per heavy atom. The molecule has 2 radical (unpaired) electrons. The molecule has 0 saturated heterocycles. The van der Waals surface area contributed by atoms with Crippen LogP contribution in [-0.2, 0) is 17.1 Å². The van der Waals surface area contributed by atoms with E-state index in [1.807, 2.05) is 0 Å². The third-order valence-corrected chi connectivity index (χ3v) is 8.04. The summed E-state index contributed by atoms with van der Waals surface area (Å²) < 4.78 is 54.4. The fraction of sp³-hybridized carbons (Fsp3) is 0. The molecule has 1 unspecified atom stereocenters. The summed E-state index contributed by atoms with van der Waals surface area (Å²) in [7, 11) is -9.11. The van der Waals surface area contributed by atoms with E-state index >= 15 is 0 Å². The van der Waals surface area contributed by atoms with E-state index in [1.165, 1.54) is 0 Å². The van der Waals surface area contributed by atoms with Gasteiger partial charge in [0, 0.05) is 37.7 Å². The third-order valence-electron chi connectivity index (χ3n) is 0.172. The van der Waals surface area contributed by atoms with Crippen molar-refractivity contribution in [3.05, 3.63) is 0 Å². The van der Waals surface area contributed by atoms with E-state index in [-0.39, 0.29) is 47.6 Å². The molecule has 0 aliphatic rings. The normalized spacial score (nSPS) is 11.1. The van der Waals surface area contributed by atoms with Gasteiger partial charge in [0.25, 0.3) is 0 Å². The Bertz CT molecular complexity index is 246. The summed E-state index contributed by atoms with van der Waals surface area (Å²) in [6.07, 6.45) is 0. The second-order valence-electron chi connectivity index (χ2n) is 0.924. The first-order chi connectivity index (χ1) is 3.71. The van der Waals surface area contributed by atoms with Crippen molar-refractivity contribution in [3.8, 4) is 0 Å². The molecule has 0 aliphatic heterocycles. The quantitative estimate of drug-likeness (QED) is 0.346. The van der Waals surface area contributed by atoms with E-state index in [4.69, 9.17) is 9.11 Å². The van der Waals surface area contributed by atoms with Crippen LogP contribution in [0.1, 0.15) is 0 Å². The maximum absolute atomic E-state index is 9.69. The van der Waals surface area contributed by atoms with Crippen molar-refractivity contribution in [2.75, 3.05) is 0 Å². The standard InChI is InChI=1S/Ca.H2O6S2Se.H3P/c;1-7(2,3)9-8(4,5)6;/h;(H,1,2,3)(H,4,5,6);1H3. The van der Waals surface area contributed by atoms with Crippen molar-refractivity contribution in [1.82, 2.24) is 0 Å². The molecule has 11 heteroatoms. The molecular formula is H5CaO6PS2Se. The van der Waals surface area contributed by atoms with E-state index in [2.05, 4.69) is 0 Å². The van der Waals surface area contributed by atoms with Crippen LogP contribution in [0.2, 0.25) is 0 Å². The maximum atomic E-state index is 9.69. The second-order valence-corrected chi connectivity index (χ2v) is 11.1. The van der Waals surface area contributed by atoms with Crippen LogP contribution in [-0.4, -0.2) is 76.4 Å². The molecule has 0 spiro atoms. The smallest absolute Gasteiger partial charge is 0 e. The summed E-state index contributed by atoms with van der Waals surface area (Å²) in [5.41, 5.74) is 0. The van der Waals surface area contributed by atoms with Gasteiger partial charge in [-0.2, -0.15) is 9.90 Å². The summed E-state index contributed by atoms with van der Waals surface area (Å²) in [4.78, 5) is 0. The third kappa shape index (κ3) is 18.8. The topological polar surface area (TPSA) is 109 Å². The van der Waals surface area contributed by atoms with Gasteiger partial charge >= 0.3 is 55.7 Å². The van der Waals surface area contributed by atoms with Gasteiger partial charge in [-0.05, 0) is 0 Å². The first kappa shape index (κ1) is 18.7. The van der Waals surface area contributed by atoms with Crippen LogP contribution in [0.15, 0.2) is 0 Å². The zero-order chi connectivity index (χ0) is 7.71. The fourth-order valence-electron chi connectivity index (χ4n) is 0.109. The van der Waals surface area contributed by atoms with Crippen LogP contribution < -0.4 is 0 Å². The van der Waals surface area contributed by atoms with Crippen LogP contribution in [0, 0.1) is 0 Å². The van der Waals surface area contributed by atoms with Gasteiger partial charge < -0.3 is 0 Å². The molecule has 0 heterocycles. The van der Waals surface area contributed by atoms with E-state index < -0.39 is 29.8 Å². The van der Waals surface area contributed by atoms with Gasteiger partial charge in [0.1, 0.15) is 0 Å². The van der Waals surface area contributed by atoms with Crippen molar-refractivity contribution in [1.29, 1.82) is 0 Å². The van der Waals surface area contributed by atoms with E-state index in [0.29, 0.717) is 0 Å². The van der Waals surface area contributed by atoms with Gasteiger partial charge in [0.05, 0.1) is 0 Å². The molecular weight excluding hydrogens is 310 g/mol. The molecule has 0 rings (SSSR count). The Hall–Kier alpha value is 2.03. The van der Waals surface area contributed by atoms with Crippen LogP contribution in [0.4, 0.5) is 0 Å². The average molecular weight is 315 g/mol. The Labute approximate surface area is 102 Å². The summed E-state index contributed by atoms with van der Waals surface area (Å²) in [6, 6.07) is 0. The van der Waals surface area contributed by atoms with Crippen LogP contribution >= 0.6 is 9.90 Å². The van der Waals surface area contributed by atoms with Gasteiger partial charge in [0.15, 0.2) is 0 Å². The zero-order valence-electron chi connectivity index (χ0n) is 5.17. The molecule has 0 aliphatic carbocycles. The van der Waals surface area contributed by atoms with Gasteiger partial charge in [0.2, 0.25) is 0 Å². The molecule has 11 heavy (non-hydrogen) atoms. The number of hydrogen-bond acceptors (Lipinski definition) is 4. The van der Waals surface area contributed by atoms with Gasteiger partial charge in [-0.15, -0.1) is 0 Å². The van der Waals surface area contributed by atoms with Crippen molar-refractivity contribution in [2.24, 2.45) is 0 Å². The van der Waals surface area contributed by atoms with E-state index in [0.717, 1.165) is 0 Å². The predicted octanol–water partition coefficient (Wildman–Crippen LogP) is -2.03. The Morgan fingerprint density at radius 1 is 0.909 bits per heavy atom. The first-order valence-electron chi connectivity index (χ1n) is 1.37. The molecule has 0 amide bonds. The predicted molar refractivity (Wildman–Crippen MR) is 45.7 cm³/mol. The van der Waals surface area contributed by atoms with Crippen LogP contribution in [0.3, 0.4) is 0 Å². The SMILES string of the molecule is O=S(=O)(O)[Se]S(=O)(=O)O.P.[Ca]. The molecule has 0 fully saturated rings. The summed E-state index contributed by atoms with van der Waals surface area (Å²) in [5.74, 6) is 0. The first-order valence-corrected chi connectivity index (χ1v) is 8.29. The molecule has 0 bridgehead atoms. The summed E-state index contributed by atoms with van der Waals surface area (Å²) in [5, 5.41) is 0. The fourth-order valence-corrected chi connectivity index (χ4v) is 5.08. The summed E-state index contributed by atoms with van der Waals surface area (Å²) in [6.45, 7) is 0. The monoisotopic (exact) mass is 316 g/mol.